The Morgan fingerprint density at radius 2 is 2.19 bits per heavy atom. The average Bonchev–Trinajstić information content (AvgIpc) is 2.87. The van der Waals surface area contributed by atoms with E-state index >= 15 is 0 Å². The van der Waals surface area contributed by atoms with Crippen LogP contribution in [0.4, 0.5) is 4.79 Å². The quantitative estimate of drug-likeness (QED) is 0.930. The van der Waals surface area contributed by atoms with Gasteiger partial charge in [-0.1, -0.05) is 32.0 Å². The van der Waals surface area contributed by atoms with Crippen LogP contribution in [0.5, 0.6) is 0 Å². The highest BCUT2D eigenvalue weighted by Crippen LogP contribution is 2.28. The fourth-order valence-electron chi connectivity index (χ4n) is 2.63. The number of rotatable bonds is 3. The Kier molecular flexibility index (Phi) is 4.83. The normalized spacial score (nSPS) is 17.6. The van der Waals surface area contributed by atoms with E-state index in [9.17, 15) is 4.79 Å². The number of carbonyl (C=O) groups excluding carboxylic acids is 1. The van der Waals surface area contributed by atoms with Crippen molar-refractivity contribution in [3.63, 3.8) is 0 Å². The molecule has 1 N–H and O–H groups in total. The van der Waals surface area contributed by atoms with Gasteiger partial charge in [0, 0.05) is 7.05 Å². The van der Waals surface area contributed by atoms with Crippen molar-refractivity contribution in [1.82, 2.24) is 10.2 Å². The number of benzene rings is 1. The van der Waals surface area contributed by atoms with Crippen LogP contribution in [0, 0.1) is 0 Å². The van der Waals surface area contributed by atoms with E-state index in [1.54, 1.807) is 0 Å². The van der Waals surface area contributed by atoms with Crippen LogP contribution in [-0.2, 0) is 17.6 Å². The predicted octanol–water partition coefficient (Wildman–Crippen LogP) is 2.51. The summed E-state index contributed by atoms with van der Waals surface area (Å²) in [5, 5.41) is 2.66. The van der Waals surface area contributed by atoms with Crippen molar-refractivity contribution in [2.24, 2.45) is 4.99 Å². The number of nitrogens with one attached hydrogen (secondary N) is 1. The second kappa shape index (κ2) is 6.61. The van der Waals surface area contributed by atoms with E-state index in [0.717, 1.165) is 12.8 Å². The van der Waals surface area contributed by atoms with E-state index < -0.39 is 6.09 Å². The van der Waals surface area contributed by atoms with Gasteiger partial charge in [0.15, 0.2) is 0 Å². The summed E-state index contributed by atoms with van der Waals surface area (Å²) in [6.07, 6.45) is 1.52. The molecule has 1 aliphatic rings. The Bertz CT molecular complexity index is 554. The summed E-state index contributed by atoms with van der Waals surface area (Å²) in [6, 6.07) is 6.81. The first kappa shape index (κ1) is 15.4. The van der Waals surface area contributed by atoms with Gasteiger partial charge in [-0.15, -0.1) is 0 Å². The molecule has 1 aromatic rings. The van der Waals surface area contributed by atoms with E-state index in [4.69, 9.17) is 0 Å². The maximum absolute atomic E-state index is 11.3. The largest absolute Gasteiger partial charge is 0.453 e. The van der Waals surface area contributed by atoms with E-state index in [2.05, 4.69) is 47.1 Å². The molecule has 1 aromatic carbocycles. The lowest BCUT2D eigenvalue weighted by atomic mass is 9.95. The monoisotopic (exact) mass is 289 g/mol. The predicted molar refractivity (Wildman–Crippen MR) is 83.5 cm³/mol. The molecule has 0 fully saturated rings. The molecule has 1 aliphatic heterocycles. The molecule has 0 bridgehead atoms. The molecule has 0 saturated carbocycles. The zero-order valence-electron chi connectivity index (χ0n) is 13.1. The van der Waals surface area contributed by atoms with Crippen LogP contribution in [0.25, 0.3) is 0 Å². The summed E-state index contributed by atoms with van der Waals surface area (Å²) in [4.78, 5) is 17.8. The highest BCUT2D eigenvalue weighted by molar-refractivity contribution is 5.94. The van der Waals surface area contributed by atoms with E-state index in [-0.39, 0.29) is 6.04 Å². The van der Waals surface area contributed by atoms with Gasteiger partial charge >= 0.3 is 6.09 Å². The van der Waals surface area contributed by atoms with Gasteiger partial charge in [-0.3, -0.25) is 10.3 Å². The number of methoxy groups -OCH3 is 1. The minimum Gasteiger partial charge on any atom is -0.453 e. The number of guanidine groups is 1. The Balaban J connectivity index is 2.22. The highest BCUT2D eigenvalue weighted by atomic mass is 16.5. The maximum atomic E-state index is 11.3. The van der Waals surface area contributed by atoms with Crippen molar-refractivity contribution >= 4 is 12.1 Å². The number of aliphatic imine (C=N–C) groups is 1. The number of amides is 1. The fraction of sp³-hybridized carbons (Fsp3) is 0.500. The zero-order valence-corrected chi connectivity index (χ0v) is 13.1. The van der Waals surface area contributed by atoms with E-state index in [1.165, 1.54) is 23.8 Å². The van der Waals surface area contributed by atoms with Crippen molar-refractivity contribution in [1.29, 1.82) is 0 Å². The van der Waals surface area contributed by atoms with Crippen LogP contribution in [0.3, 0.4) is 0 Å². The van der Waals surface area contributed by atoms with Crippen LogP contribution in [0.15, 0.2) is 23.2 Å². The number of ether oxygens (including phenoxy) is 1. The van der Waals surface area contributed by atoms with Crippen molar-refractivity contribution < 1.29 is 9.53 Å². The molecule has 21 heavy (non-hydrogen) atoms. The lowest BCUT2D eigenvalue weighted by molar-refractivity contribution is 0.175. The fourth-order valence-corrected chi connectivity index (χ4v) is 2.63. The number of likely N-dealkylation sites (N-methyl/N-ethyl adjacent to an activating group) is 1. The SMILES string of the molecule is CCc1ccc(CC)c(C2CN=C(NC(=O)OC)N2C)c1. The Labute approximate surface area is 126 Å². The summed E-state index contributed by atoms with van der Waals surface area (Å²) < 4.78 is 4.63. The number of alkyl carbamates (subject to hydrolysis) is 1. The third-order valence-electron chi connectivity index (χ3n) is 3.97. The van der Waals surface area contributed by atoms with Gasteiger partial charge in [0.25, 0.3) is 0 Å². The van der Waals surface area contributed by atoms with Crippen LogP contribution >= 0.6 is 0 Å². The van der Waals surface area contributed by atoms with E-state index in [0.29, 0.717) is 12.5 Å². The minimum atomic E-state index is -0.487. The standard InChI is InChI=1S/C16H23N3O2/c1-5-11-7-8-12(6-2)13(9-11)14-10-17-15(19(14)3)18-16(20)21-4/h7-9,14H,5-6,10H2,1-4H3,(H,17,18,20). The van der Waals surface area contributed by atoms with Gasteiger partial charge < -0.3 is 9.64 Å². The molecular formula is C16H23N3O2. The molecule has 1 heterocycles. The maximum Gasteiger partial charge on any atom is 0.413 e. The Hall–Kier alpha value is -2.04. The number of nitrogens with zero attached hydrogens (tertiary/aromatic N) is 2. The number of hydrogen-bond acceptors (Lipinski definition) is 4. The number of hydrogen-bond donors (Lipinski definition) is 1. The third kappa shape index (κ3) is 3.17. The molecule has 1 atom stereocenters. The van der Waals surface area contributed by atoms with Gasteiger partial charge in [-0.25, -0.2) is 4.79 Å². The zero-order chi connectivity index (χ0) is 15.4. The van der Waals surface area contributed by atoms with Gasteiger partial charge in [0.2, 0.25) is 5.96 Å². The summed E-state index contributed by atoms with van der Waals surface area (Å²) in [5.41, 5.74) is 3.95. The summed E-state index contributed by atoms with van der Waals surface area (Å²) in [6.45, 7) is 4.97. The second-order valence-corrected chi connectivity index (χ2v) is 5.15. The first-order valence-corrected chi connectivity index (χ1v) is 7.34. The van der Waals surface area contributed by atoms with Gasteiger partial charge in [-0.2, -0.15) is 0 Å². The Morgan fingerprint density at radius 3 is 2.81 bits per heavy atom. The summed E-state index contributed by atoms with van der Waals surface area (Å²) in [5.74, 6) is 0.566. The van der Waals surface area contributed by atoms with Crippen LogP contribution in [0.2, 0.25) is 0 Å². The van der Waals surface area contributed by atoms with Crippen molar-refractivity contribution in [2.45, 2.75) is 32.7 Å². The van der Waals surface area contributed by atoms with Crippen LogP contribution in [0.1, 0.15) is 36.6 Å². The molecule has 2 rings (SSSR count). The molecule has 0 spiro atoms. The molecule has 0 aliphatic carbocycles. The summed E-state index contributed by atoms with van der Waals surface area (Å²) in [7, 11) is 3.30. The van der Waals surface area contributed by atoms with E-state index in [1.807, 2.05) is 11.9 Å². The smallest absolute Gasteiger partial charge is 0.413 e. The number of carbonyl (C=O) groups is 1. The topological polar surface area (TPSA) is 53.9 Å². The van der Waals surface area contributed by atoms with Crippen molar-refractivity contribution in [3.05, 3.63) is 34.9 Å². The first-order valence-electron chi connectivity index (χ1n) is 7.34. The molecule has 5 nitrogen and oxygen atoms in total. The molecule has 0 aromatic heterocycles. The lowest BCUT2D eigenvalue weighted by Gasteiger charge is -2.25. The molecule has 1 unspecified atom stereocenters. The summed E-state index contributed by atoms with van der Waals surface area (Å²) >= 11 is 0. The van der Waals surface area contributed by atoms with Crippen LogP contribution in [-0.4, -0.2) is 37.7 Å². The molecule has 1 amide bonds. The first-order chi connectivity index (χ1) is 10.1. The molecule has 5 heteroatoms. The Morgan fingerprint density at radius 1 is 1.43 bits per heavy atom. The van der Waals surface area contributed by atoms with Crippen molar-refractivity contribution in [2.75, 3.05) is 20.7 Å². The molecule has 0 radical (unpaired) electrons. The molecule has 0 saturated heterocycles. The van der Waals surface area contributed by atoms with Crippen molar-refractivity contribution in [3.8, 4) is 0 Å². The molecule has 114 valence electrons. The highest BCUT2D eigenvalue weighted by Gasteiger charge is 2.28. The van der Waals surface area contributed by atoms with Crippen LogP contribution < -0.4 is 5.32 Å². The third-order valence-corrected chi connectivity index (χ3v) is 3.97. The minimum absolute atomic E-state index is 0.165. The number of aryl methyl sites for hydroxylation is 2. The average molecular weight is 289 g/mol. The lowest BCUT2D eigenvalue weighted by Crippen LogP contribution is -2.40. The molecular weight excluding hydrogens is 266 g/mol. The second-order valence-electron chi connectivity index (χ2n) is 5.15. The van der Waals surface area contributed by atoms with Gasteiger partial charge in [0.1, 0.15) is 0 Å². The van der Waals surface area contributed by atoms with Gasteiger partial charge in [0.05, 0.1) is 19.7 Å². The van der Waals surface area contributed by atoms with Gasteiger partial charge in [-0.05, 0) is 29.5 Å².